The summed E-state index contributed by atoms with van der Waals surface area (Å²) >= 11 is 0. The van der Waals surface area contributed by atoms with Gasteiger partial charge in [0, 0.05) is 30.8 Å². The van der Waals surface area contributed by atoms with Gasteiger partial charge in [-0.15, -0.1) is 0 Å². The standard InChI is InChI=1S/C12H15N3O2/c16-12(17)9-3-4-15(6-9)11-5-10(8-1-2-8)13-7-14-11/h5,7-9H,1-4,6H2,(H,16,17)/t9-/m1/s1. The SMILES string of the molecule is O=C(O)[C@@H]1CCN(c2cc(C3CC3)ncn2)C1. The molecule has 5 nitrogen and oxygen atoms in total. The highest BCUT2D eigenvalue weighted by atomic mass is 16.4. The molecule has 0 amide bonds. The molecule has 1 aromatic rings. The fourth-order valence-corrected chi connectivity index (χ4v) is 2.31. The van der Waals surface area contributed by atoms with Crippen molar-refractivity contribution in [1.29, 1.82) is 0 Å². The van der Waals surface area contributed by atoms with Crippen molar-refractivity contribution < 1.29 is 9.90 Å². The molecule has 1 aliphatic carbocycles. The molecule has 2 fully saturated rings. The summed E-state index contributed by atoms with van der Waals surface area (Å²) in [5.74, 6) is 0.526. The third kappa shape index (κ3) is 2.09. The van der Waals surface area contributed by atoms with Crippen LogP contribution in [-0.4, -0.2) is 34.1 Å². The first-order valence-electron chi connectivity index (χ1n) is 6.04. The highest BCUT2D eigenvalue weighted by molar-refractivity contribution is 5.71. The van der Waals surface area contributed by atoms with Gasteiger partial charge in [0.05, 0.1) is 5.92 Å². The molecule has 0 bridgehead atoms. The highest BCUT2D eigenvalue weighted by Gasteiger charge is 2.30. The molecule has 1 saturated heterocycles. The van der Waals surface area contributed by atoms with Crippen molar-refractivity contribution in [2.45, 2.75) is 25.2 Å². The third-order valence-electron chi connectivity index (χ3n) is 3.53. The Bertz CT molecular complexity index is 445. The molecule has 1 saturated carbocycles. The van der Waals surface area contributed by atoms with Gasteiger partial charge in [0.25, 0.3) is 0 Å². The van der Waals surface area contributed by atoms with Crippen LogP contribution in [0.25, 0.3) is 0 Å². The molecule has 2 aliphatic rings. The number of carboxylic acid groups (broad SMARTS) is 1. The molecule has 17 heavy (non-hydrogen) atoms. The van der Waals surface area contributed by atoms with Gasteiger partial charge < -0.3 is 10.0 Å². The molecule has 1 aliphatic heterocycles. The minimum absolute atomic E-state index is 0.255. The Kier molecular flexibility index (Phi) is 2.46. The smallest absolute Gasteiger partial charge is 0.308 e. The van der Waals surface area contributed by atoms with E-state index < -0.39 is 5.97 Å². The molecule has 1 atom stereocenters. The molecule has 3 rings (SSSR count). The number of hydrogen-bond acceptors (Lipinski definition) is 4. The number of hydrogen-bond donors (Lipinski definition) is 1. The molecule has 0 aromatic carbocycles. The van der Waals surface area contributed by atoms with Gasteiger partial charge in [-0.1, -0.05) is 0 Å². The first kappa shape index (κ1) is 10.5. The maximum atomic E-state index is 10.9. The zero-order valence-electron chi connectivity index (χ0n) is 9.54. The van der Waals surface area contributed by atoms with Gasteiger partial charge in [-0.25, -0.2) is 9.97 Å². The van der Waals surface area contributed by atoms with E-state index in [1.54, 1.807) is 6.33 Å². The van der Waals surface area contributed by atoms with E-state index in [4.69, 9.17) is 5.11 Å². The number of carbonyl (C=O) groups is 1. The van der Waals surface area contributed by atoms with Gasteiger partial charge >= 0.3 is 5.97 Å². The van der Waals surface area contributed by atoms with Crippen LogP contribution in [0.4, 0.5) is 5.82 Å². The summed E-state index contributed by atoms with van der Waals surface area (Å²) in [7, 11) is 0. The Morgan fingerprint density at radius 3 is 2.82 bits per heavy atom. The molecular weight excluding hydrogens is 218 g/mol. The van der Waals surface area contributed by atoms with Crippen molar-refractivity contribution in [2.24, 2.45) is 5.92 Å². The van der Waals surface area contributed by atoms with E-state index in [1.165, 1.54) is 12.8 Å². The van der Waals surface area contributed by atoms with Crippen LogP contribution in [0.5, 0.6) is 0 Å². The Hall–Kier alpha value is -1.65. The molecule has 1 aromatic heterocycles. The average Bonchev–Trinajstić information content (AvgIpc) is 3.06. The van der Waals surface area contributed by atoms with E-state index in [9.17, 15) is 4.79 Å². The van der Waals surface area contributed by atoms with Gasteiger partial charge in [-0.3, -0.25) is 4.79 Å². The monoisotopic (exact) mass is 233 g/mol. The van der Waals surface area contributed by atoms with Crippen molar-refractivity contribution in [2.75, 3.05) is 18.0 Å². The lowest BCUT2D eigenvalue weighted by Gasteiger charge is -2.16. The van der Waals surface area contributed by atoms with Crippen molar-refractivity contribution >= 4 is 11.8 Å². The average molecular weight is 233 g/mol. The fourth-order valence-electron chi connectivity index (χ4n) is 2.31. The number of aromatic nitrogens is 2. The van der Waals surface area contributed by atoms with Gasteiger partial charge in [-0.2, -0.15) is 0 Å². The van der Waals surface area contributed by atoms with Crippen LogP contribution in [0.15, 0.2) is 12.4 Å². The third-order valence-corrected chi connectivity index (χ3v) is 3.53. The molecule has 90 valence electrons. The lowest BCUT2D eigenvalue weighted by molar-refractivity contribution is -0.140. The number of carboxylic acids is 1. The number of rotatable bonds is 3. The first-order chi connectivity index (χ1) is 8.24. The minimum atomic E-state index is -0.705. The summed E-state index contributed by atoms with van der Waals surface area (Å²) in [6.45, 7) is 1.34. The predicted molar refractivity (Wildman–Crippen MR) is 62.0 cm³/mol. The van der Waals surface area contributed by atoms with E-state index in [2.05, 4.69) is 9.97 Å². The van der Waals surface area contributed by atoms with Crippen molar-refractivity contribution in [3.05, 3.63) is 18.1 Å². The Balaban J connectivity index is 1.76. The van der Waals surface area contributed by atoms with Crippen LogP contribution in [0.1, 0.15) is 30.9 Å². The van der Waals surface area contributed by atoms with Crippen molar-refractivity contribution in [1.82, 2.24) is 9.97 Å². The van der Waals surface area contributed by atoms with Gasteiger partial charge in [0.2, 0.25) is 0 Å². The summed E-state index contributed by atoms with van der Waals surface area (Å²) < 4.78 is 0. The van der Waals surface area contributed by atoms with E-state index in [0.717, 1.165) is 18.1 Å². The maximum Gasteiger partial charge on any atom is 0.308 e. The normalized spacial score (nSPS) is 24.0. The van der Waals surface area contributed by atoms with Crippen LogP contribution in [-0.2, 0) is 4.79 Å². The van der Waals surface area contributed by atoms with Crippen LogP contribution in [0, 0.1) is 5.92 Å². The highest BCUT2D eigenvalue weighted by Crippen LogP contribution is 2.39. The van der Waals surface area contributed by atoms with Crippen molar-refractivity contribution in [3.8, 4) is 0 Å². The summed E-state index contributed by atoms with van der Waals surface area (Å²) in [5.41, 5.74) is 1.11. The lowest BCUT2D eigenvalue weighted by atomic mass is 10.1. The number of aliphatic carboxylic acids is 1. The molecule has 0 radical (unpaired) electrons. The lowest BCUT2D eigenvalue weighted by Crippen LogP contribution is -2.23. The second kappa shape index (κ2) is 3.98. The van der Waals surface area contributed by atoms with Gasteiger partial charge in [0.1, 0.15) is 12.1 Å². The van der Waals surface area contributed by atoms with Gasteiger partial charge in [-0.05, 0) is 19.3 Å². The Morgan fingerprint density at radius 1 is 1.35 bits per heavy atom. The molecule has 0 spiro atoms. The van der Waals surface area contributed by atoms with Crippen molar-refractivity contribution in [3.63, 3.8) is 0 Å². The molecule has 0 unspecified atom stereocenters. The van der Waals surface area contributed by atoms with Gasteiger partial charge in [0.15, 0.2) is 0 Å². The second-order valence-corrected chi connectivity index (χ2v) is 4.85. The van der Waals surface area contributed by atoms with E-state index in [-0.39, 0.29) is 5.92 Å². The topological polar surface area (TPSA) is 66.3 Å². The molecular formula is C12H15N3O2. The summed E-state index contributed by atoms with van der Waals surface area (Å²) in [6, 6.07) is 2.02. The quantitative estimate of drug-likeness (QED) is 0.851. The zero-order chi connectivity index (χ0) is 11.8. The molecule has 1 N–H and O–H groups in total. The molecule has 5 heteroatoms. The summed E-state index contributed by atoms with van der Waals surface area (Å²) in [4.78, 5) is 21.5. The van der Waals surface area contributed by atoms with Crippen LogP contribution in [0.3, 0.4) is 0 Å². The van der Waals surface area contributed by atoms with Crippen LogP contribution in [0.2, 0.25) is 0 Å². The van der Waals surface area contributed by atoms with Crippen LogP contribution >= 0.6 is 0 Å². The summed E-state index contributed by atoms with van der Waals surface area (Å²) in [5, 5.41) is 8.97. The predicted octanol–water partition coefficient (Wildman–Crippen LogP) is 1.26. The summed E-state index contributed by atoms with van der Waals surface area (Å²) in [6.07, 6.45) is 4.73. The number of anilines is 1. The second-order valence-electron chi connectivity index (χ2n) is 4.85. The zero-order valence-corrected chi connectivity index (χ0v) is 9.54. The largest absolute Gasteiger partial charge is 0.481 e. The maximum absolute atomic E-state index is 10.9. The fraction of sp³-hybridized carbons (Fsp3) is 0.583. The van der Waals surface area contributed by atoms with E-state index >= 15 is 0 Å². The van der Waals surface area contributed by atoms with Crippen LogP contribution < -0.4 is 4.90 Å². The Labute approximate surface area is 99.5 Å². The van der Waals surface area contributed by atoms with E-state index in [1.807, 2.05) is 11.0 Å². The van der Waals surface area contributed by atoms with E-state index in [0.29, 0.717) is 18.9 Å². The first-order valence-corrected chi connectivity index (χ1v) is 6.04. The Morgan fingerprint density at radius 2 is 2.18 bits per heavy atom. The number of nitrogens with zero attached hydrogens (tertiary/aromatic N) is 3. The minimum Gasteiger partial charge on any atom is -0.481 e. The molecule has 2 heterocycles.